The van der Waals surface area contributed by atoms with Gasteiger partial charge in [0.1, 0.15) is 0 Å². The van der Waals surface area contributed by atoms with Crippen LogP contribution in [0.5, 0.6) is 0 Å². The van der Waals surface area contributed by atoms with E-state index in [-0.39, 0.29) is 11.9 Å². The molecule has 4 rings (SSSR count). The highest BCUT2D eigenvalue weighted by Gasteiger charge is 2.21. The molecule has 25 heavy (non-hydrogen) atoms. The Kier molecular flexibility index (Phi) is 4.14. The van der Waals surface area contributed by atoms with Gasteiger partial charge in [-0.05, 0) is 47.4 Å². The monoisotopic (exact) mass is 330 g/mol. The van der Waals surface area contributed by atoms with Gasteiger partial charge in [-0.15, -0.1) is 0 Å². The van der Waals surface area contributed by atoms with E-state index < -0.39 is 0 Å². The Labute approximate surface area is 148 Å². The molecule has 0 saturated heterocycles. The van der Waals surface area contributed by atoms with E-state index in [0.29, 0.717) is 6.54 Å². The Balaban J connectivity index is 1.43. The van der Waals surface area contributed by atoms with E-state index in [1.807, 2.05) is 25.1 Å². The van der Waals surface area contributed by atoms with Crippen LogP contribution in [0.25, 0.3) is 10.8 Å². The van der Waals surface area contributed by atoms with Gasteiger partial charge in [0.25, 0.3) is 0 Å². The summed E-state index contributed by atoms with van der Waals surface area (Å²) in [6, 6.07) is 23.0. The van der Waals surface area contributed by atoms with Crippen molar-refractivity contribution in [3.8, 4) is 0 Å². The van der Waals surface area contributed by atoms with Gasteiger partial charge in [-0.2, -0.15) is 0 Å². The molecular formula is C22H22N2O. The molecule has 0 spiro atoms. The van der Waals surface area contributed by atoms with Crippen LogP contribution in [0.2, 0.25) is 0 Å². The van der Waals surface area contributed by atoms with Crippen LogP contribution in [-0.2, 0) is 11.2 Å². The zero-order valence-corrected chi connectivity index (χ0v) is 14.4. The fraction of sp³-hybridized carbons (Fsp3) is 0.227. The molecule has 3 heteroatoms. The van der Waals surface area contributed by atoms with Gasteiger partial charge in [0.15, 0.2) is 0 Å². The fourth-order valence-electron chi connectivity index (χ4n) is 3.59. The third-order valence-corrected chi connectivity index (χ3v) is 4.97. The van der Waals surface area contributed by atoms with Crippen molar-refractivity contribution < 1.29 is 4.79 Å². The van der Waals surface area contributed by atoms with Crippen molar-refractivity contribution in [2.24, 2.45) is 0 Å². The van der Waals surface area contributed by atoms with E-state index in [4.69, 9.17) is 0 Å². The summed E-state index contributed by atoms with van der Waals surface area (Å²) in [4.78, 5) is 14.7. The lowest BCUT2D eigenvalue weighted by molar-refractivity contribution is -0.120. The van der Waals surface area contributed by atoms with Gasteiger partial charge < -0.3 is 10.2 Å². The summed E-state index contributed by atoms with van der Waals surface area (Å²) in [5.74, 6) is 0.0670. The highest BCUT2D eigenvalue weighted by molar-refractivity contribution is 5.84. The summed E-state index contributed by atoms with van der Waals surface area (Å²) in [5, 5.41) is 5.56. The van der Waals surface area contributed by atoms with Gasteiger partial charge in [-0.3, -0.25) is 4.79 Å². The van der Waals surface area contributed by atoms with Crippen LogP contribution in [-0.4, -0.2) is 19.0 Å². The zero-order valence-electron chi connectivity index (χ0n) is 14.4. The Morgan fingerprint density at radius 1 is 1.04 bits per heavy atom. The Bertz CT molecular complexity index is 919. The smallest absolute Gasteiger partial charge is 0.239 e. The molecule has 0 radical (unpaired) electrons. The van der Waals surface area contributed by atoms with Crippen molar-refractivity contribution in [2.75, 3.05) is 18.0 Å². The molecule has 3 nitrogen and oxygen atoms in total. The quantitative estimate of drug-likeness (QED) is 0.782. The van der Waals surface area contributed by atoms with Crippen molar-refractivity contribution >= 4 is 22.4 Å². The first-order valence-electron chi connectivity index (χ1n) is 8.81. The molecule has 0 aliphatic carbocycles. The van der Waals surface area contributed by atoms with E-state index in [1.54, 1.807) is 0 Å². The molecule has 0 aromatic heterocycles. The number of hydrogen-bond acceptors (Lipinski definition) is 2. The molecule has 0 saturated carbocycles. The third-order valence-electron chi connectivity index (χ3n) is 4.97. The number of hydrogen-bond donors (Lipinski definition) is 1. The number of nitrogens with zero attached hydrogens (tertiary/aromatic N) is 1. The van der Waals surface area contributed by atoms with Gasteiger partial charge in [-0.1, -0.05) is 54.6 Å². The first-order chi connectivity index (χ1) is 12.2. The molecule has 1 heterocycles. The first-order valence-corrected chi connectivity index (χ1v) is 8.81. The average Bonchev–Trinajstić information content (AvgIpc) is 3.04. The Hall–Kier alpha value is -2.81. The second-order valence-electron chi connectivity index (χ2n) is 6.70. The minimum absolute atomic E-state index is 0.00467. The van der Waals surface area contributed by atoms with Crippen LogP contribution in [0.4, 0.5) is 5.69 Å². The van der Waals surface area contributed by atoms with Gasteiger partial charge in [-0.25, -0.2) is 0 Å². The normalized spacial score (nSPS) is 14.4. The highest BCUT2D eigenvalue weighted by Crippen LogP contribution is 2.27. The first kappa shape index (κ1) is 15.7. The summed E-state index contributed by atoms with van der Waals surface area (Å²) in [5.41, 5.74) is 3.66. The molecule has 1 aliphatic heterocycles. The number of carbonyl (C=O) groups is 1. The van der Waals surface area contributed by atoms with Gasteiger partial charge in [0.2, 0.25) is 5.91 Å². The number of benzene rings is 3. The van der Waals surface area contributed by atoms with Crippen molar-refractivity contribution in [1.82, 2.24) is 5.32 Å². The summed E-state index contributed by atoms with van der Waals surface area (Å²) in [6.45, 7) is 3.37. The Morgan fingerprint density at radius 3 is 2.68 bits per heavy atom. The summed E-state index contributed by atoms with van der Waals surface area (Å²) >= 11 is 0. The highest BCUT2D eigenvalue weighted by atomic mass is 16.2. The molecule has 0 bridgehead atoms. The topological polar surface area (TPSA) is 32.3 Å². The number of carbonyl (C=O) groups excluding carboxylic acids is 1. The van der Waals surface area contributed by atoms with E-state index >= 15 is 0 Å². The van der Waals surface area contributed by atoms with Crippen LogP contribution in [0.15, 0.2) is 66.7 Å². The van der Waals surface area contributed by atoms with E-state index in [0.717, 1.165) is 18.5 Å². The largest absolute Gasteiger partial charge is 0.362 e. The molecule has 126 valence electrons. The molecule has 0 fully saturated rings. The number of nitrogens with one attached hydrogen (secondary N) is 1. The van der Waals surface area contributed by atoms with E-state index in [2.05, 4.69) is 58.7 Å². The van der Waals surface area contributed by atoms with Crippen molar-refractivity contribution in [3.05, 3.63) is 77.9 Å². The Morgan fingerprint density at radius 2 is 1.80 bits per heavy atom. The zero-order chi connectivity index (χ0) is 17.2. The second kappa shape index (κ2) is 6.60. The van der Waals surface area contributed by atoms with Crippen LogP contribution in [0.1, 0.15) is 24.1 Å². The maximum atomic E-state index is 12.5. The number of fused-ring (bicyclic) bond motifs is 2. The van der Waals surface area contributed by atoms with Crippen molar-refractivity contribution in [1.29, 1.82) is 0 Å². The molecule has 3 aromatic carbocycles. The maximum Gasteiger partial charge on any atom is 0.239 e. The lowest BCUT2D eigenvalue weighted by Gasteiger charge is -2.21. The average molecular weight is 330 g/mol. The van der Waals surface area contributed by atoms with Crippen LogP contribution in [0, 0.1) is 0 Å². The predicted octanol–water partition coefficient (Wildman–Crippen LogP) is 4.08. The summed E-state index contributed by atoms with van der Waals surface area (Å²) < 4.78 is 0. The molecule has 1 atom stereocenters. The number of amides is 1. The van der Waals surface area contributed by atoms with Crippen LogP contribution in [0.3, 0.4) is 0 Å². The molecule has 1 amide bonds. The fourth-order valence-corrected chi connectivity index (χ4v) is 3.59. The van der Waals surface area contributed by atoms with Crippen LogP contribution >= 0.6 is 0 Å². The minimum Gasteiger partial charge on any atom is -0.362 e. The molecule has 1 N–H and O–H groups in total. The standard InChI is InChI=1S/C22H22N2O/c1-16(19-11-10-17-6-2-3-8-20(17)14-19)23-22(25)15-24-13-12-18-7-4-5-9-21(18)24/h2-11,14,16H,12-13,15H2,1H3,(H,23,25). The van der Waals surface area contributed by atoms with Gasteiger partial charge in [0, 0.05) is 12.2 Å². The SMILES string of the molecule is CC(NC(=O)CN1CCc2ccccc21)c1ccc2ccccc2c1. The third kappa shape index (κ3) is 3.22. The second-order valence-corrected chi connectivity index (χ2v) is 6.70. The lowest BCUT2D eigenvalue weighted by atomic mass is 10.0. The number of para-hydroxylation sites is 1. The van der Waals surface area contributed by atoms with E-state index in [1.165, 1.54) is 22.0 Å². The summed E-state index contributed by atoms with van der Waals surface area (Å²) in [6.07, 6.45) is 1.02. The van der Waals surface area contributed by atoms with Crippen LogP contribution < -0.4 is 10.2 Å². The lowest BCUT2D eigenvalue weighted by Crippen LogP contribution is -2.37. The predicted molar refractivity (Wildman–Crippen MR) is 103 cm³/mol. The number of rotatable bonds is 4. The summed E-state index contributed by atoms with van der Waals surface area (Å²) in [7, 11) is 0. The molecule has 1 aliphatic rings. The maximum absolute atomic E-state index is 12.5. The molecule has 3 aromatic rings. The molecular weight excluding hydrogens is 308 g/mol. The van der Waals surface area contributed by atoms with Gasteiger partial charge in [0.05, 0.1) is 12.6 Å². The van der Waals surface area contributed by atoms with Crippen molar-refractivity contribution in [2.45, 2.75) is 19.4 Å². The van der Waals surface area contributed by atoms with Crippen molar-refractivity contribution in [3.63, 3.8) is 0 Å². The van der Waals surface area contributed by atoms with E-state index in [9.17, 15) is 4.79 Å². The van der Waals surface area contributed by atoms with Gasteiger partial charge >= 0.3 is 0 Å². The molecule has 1 unspecified atom stereocenters. The number of anilines is 1. The minimum atomic E-state index is -0.00467.